The van der Waals surface area contributed by atoms with E-state index in [9.17, 15) is 0 Å². The van der Waals surface area contributed by atoms with Gasteiger partial charge in [0.2, 0.25) is 0 Å². The second-order valence-electron chi connectivity index (χ2n) is 5.63. The molecule has 0 radical (unpaired) electrons. The van der Waals surface area contributed by atoms with Crippen molar-refractivity contribution in [3.8, 4) is 5.97 Å². The molecule has 0 amide bonds. The highest BCUT2D eigenvalue weighted by atomic mass is 14.2. The Kier molecular flexibility index (Phi) is 14.3. The van der Waals surface area contributed by atoms with E-state index in [0.29, 0.717) is 5.82 Å². The molecule has 0 bridgehead atoms. The second-order valence-corrected chi connectivity index (χ2v) is 5.63. The summed E-state index contributed by atoms with van der Waals surface area (Å²) in [5.74, 6) is 3.05. The van der Waals surface area contributed by atoms with Crippen LogP contribution < -0.4 is 0 Å². The lowest BCUT2D eigenvalue weighted by Crippen LogP contribution is -2.02. The van der Waals surface area contributed by atoms with Crippen molar-refractivity contribution < 1.29 is 0 Å². The molecule has 0 saturated heterocycles. The van der Waals surface area contributed by atoms with Gasteiger partial charge in [0, 0.05) is 0 Å². The lowest BCUT2D eigenvalue weighted by molar-refractivity contribution is 0.541. The van der Waals surface area contributed by atoms with E-state index in [0.717, 1.165) is 7.28 Å². The van der Waals surface area contributed by atoms with E-state index < -0.39 is 0 Å². The fourth-order valence-corrected chi connectivity index (χ4v) is 2.55. The summed E-state index contributed by atoms with van der Waals surface area (Å²) in [6.45, 7) is 4.52. The average Bonchev–Trinajstić information content (AvgIpc) is 2.38. The average molecular weight is 249 g/mol. The van der Waals surface area contributed by atoms with Crippen molar-refractivity contribution in [3.63, 3.8) is 0 Å². The van der Waals surface area contributed by atoms with E-state index in [2.05, 4.69) is 19.8 Å². The Labute approximate surface area is 116 Å². The Hall–Kier alpha value is -0.445. The minimum atomic E-state index is 0.679. The van der Waals surface area contributed by atoms with Crippen LogP contribution in [0.5, 0.6) is 0 Å². The lowest BCUT2D eigenvalue weighted by Gasteiger charge is -2.12. The van der Waals surface area contributed by atoms with Crippen molar-refractivity contribution in [1.82, 2.24) is 0 Å². The molecule has 0 atom stereocenters. The molecule has 1 nitrogen and oxygen atoms in total. The monoisotopic (exact) mass is 249 g/mol. The summed E-state index contributed by atoms with van der Waals surface area (Å²) in [5.41, 5.74) is 0. The lowest BCUT2D eigenvalue weighted by atomic mass is 9.62. The van der Waals surface area contributed by atoms with Gasteiger partial charge in [-0.1, -0.05) is 96.7 Å². The zero-order valence-corrected chi connectivity index (χ0v) is 12.7. The van der Waals surface area contributed by atoms with Crippen LogP contribution in [0.1, 0.15) is 90.9 Å². The topological polar surface area (TPSA) is 23.8 Å². The first-order valence-electron chi connectivity index (χ1n) is 8.22. The molecule has 18 heavy (non-hydrogen) atoms. The van der Waals surface area contributed by atoms with Gasteiger partial charge in [0.1, 0.15) is 0 Å². The first kappa shape index (κ1) is 17.6. The van der Waals surface area contributed by atoms with Crippen LogP contribution in [-0.2, 0) is 0 Å². The molecule has 0 aromatic carbocycles. The van der Waals surface area contributed by atoms with Gasteiger partial charge in [-0.15, -0.1) is 0 Å². The van der Waals surface area contributed by atoms with E-state index in [4.69, 9.17) is 5.26 Å². The summed E-state index contributed by atoms with van der Waals surface area (Å²) < 4.78 is 0. The predicted molar refractivity (Wildman–Crippen MR) is 83.3 cm³/mol. The standard InChI is InChI=1S/C16H32BN/c1-3-5-7-9-11-13-16(17-15-18)14-12-10-8-6-4-2/h16-17H,3-14H2,1-2H3. The van der Waals surface area contributed by atoms with Gasteiger partial charge in [0.15, 0.2) is 0 Å². The number of nitrogens with zero attached hydrogens (tertiary/aromatic N) is 1. The van der Waals surface area contributed by atoms with E-state index in [-0.39, 0.29) is 0 Å². The maximum Gasteiger partial charge on any atom is 0.253 e. The number of rotatable bonds is 13. The number of hydrogen-bond acceptors (Lipinski definition) is 1. The Bertz CT molecular complexity index is 184. The molecule has 0 rings (SSSR count). The molecule has 0 aromatic heterocycles. The summed E-state index contributed by atoms with van der Waals surface area (Å²) >= 11 is 0. The van der Waals surface area contributed by atoms with Crippen LogP contribution in [0.4, 0.5) is 0 Å². The Morgan fingerprint density at radius 3 is 1.61 bits per heavy atom. The van der Waals surface area contributed by atoms with Crippen molar-refractivity contribution in [3.05, 3.63) is 0 Å². The third-order valence-electron chi connectivity index (χ3n) is 3.81. The molecule has 0 aliphatic carbocycles. The highest BCUT2D eigenvalue weighted by Crippen LogP contribution is 2.22. The van der Waals surface area contributed by atoms with Gasteiger partial charge in [-0.05, 0) is 5.97 Å². The SMILES string of the molecule is CCCCCCCC(BC#N)CCCCCCC. The molecule has 0 N–H and O–H groups in total. The van der Waals surface area contributed by atoms with E-state index >= 15 is 0 Å². The number of hydrogen-bond donors (Lipinski definition) is 0. The molecule has 0 unspecified atom stereocenters. The third kappa shape index (κ3) is 12.0. The van der Waals surface area contributed by atoms with Crippen molar-refractivity contribution >= 4 is 7.28 Å². The predicted octanol–water partition coefficient (Wildman–Crippen LogP) is 5.41. The molecule has 104 valence electrons. The minimum absolute atomic E-state index is 0.679. The van der Waals surface area contributed by atoms with Gasteiger partial charge in [-0.2, -0.15) is 0 Å². The maximum absolute atomic E-state index is 8.87. The zero-order valence-electron chi connectivity index (χ0n) is 12.7. The largest absolute Gasteiger partial charge is 0.253 e. The summed E-state index contributed by atoms with van der Waals surface area (Å²) in [6.07, 6.45) is 16.1. The van der Waals surface area contributed by atoms with Crippen LogP contribution in [0.2, 0.25) is 5.82 Å². The van der Waals surface area contributed by atoms with Gasteiger partial charge in [-0.3, -0.25) is 0 Å². The fourth-order valence-electron chi connectivity index (χ4n) is 2.55. The first-order chi connectivity index (χ1) is 8.85. The van der Waals surface area contributed by atoms with Crippen LogP contribution in [0, 0.1) is 11.2 Å². The molecule has 0 aliphatic rings. The zero-order chi connectivity index (χ0) is 13.5. The molecular formula is C16H32BN. The Morgan fingerprint density at radius 2 is 1.22 bits per heavy atom. The molecule has 2 heteroatoms. The van der Waals surface area contributed by atoms with Crippen LogP contribution in [0.15, 0.2) is 0 Å². The fraction of sp³-hybridized carbons (Fsp3) is 0.938. The van der Waals surface area contributed by atoms with Crippen LogP contribution in [-0.4, -0.2) is 7.28 Å². The molecule has 0 aromatic rings. The summed E-state index contributed by atoms with van der Waals surface area (Å²) in [4.78, 5) is 0. The number of unbranched alkanes of at least 4 members (excludes halogenated alkanes) is 8. The van der Waals surface area contributed by atoms with Crippen molar-refractivity contribution in [2.24, 2.45) is 0 Å². The molecule has 0 spiro atoms. The maximum atomic E-state index is 8.87. The van der Waals surface area contributed by atoms with Crippen LogP contribution in [0.3, 0.4) is 0 Å². The van der Waals surface area contributed by atoms with E-state index in [1.165, 1.54) is 77.0 Å². The van der Waals surface area contributed by atoms with Gasteiger partial charge in [0.25, 0.3) is 7.28 Å². The van der Waals surface area contributed by atoms with Crippen molar-refractivity contribution in [2.75, 3.05) is 0 Å². The number of nitriles is 1. The molecule has 0 heterocycles. The van der Waals surface area contributed by atoms with Gasteiger partial charge >= 0.3 is 0 Å². The van der Waals surface area contributed by atoms with E-state index in [1.807, 2.05) is 0 Å². The molecule has 0 aliphatic heterocycles. The Morgan fingerprint density at radius 1 is 0.778 bits per heavy atom. The molecule has 0 fully saturated rings. The quantitative estimate of drug-likeness (QED) is 0.316. The van der Waals surface area contributed by atoms with E-state index in [1.54, 1.807) is 0 Å². The summed E-state index contributed by atoms with van der Waals surface area (Å²) in [7, 11) is 0.779. The van der Waals surface area contributed by atoms with Crippen LogP contribution >= 0.6 is 0 Å². The first-order valence-corrected chi connectivity index (χ1v) is 8.22. The summed E-state index contributed by atoms with van der Waals surface area (Å²) in [6, 6.07) is 0. The van der Waals surface area contributed by atoms with Crippen molar-refractivity contribution in [1.29, 1.82) is 5.26 Å². The smallest absolute Gasteiger partial charge is 0.213 e. The van der Waals surface area contributed by atoms with Crippen molar-refractivity contribution in [2.45, 2.75) is 96.7 Å². The summed E-state index contributed by atoms with van der Waals surface area (Å²) in [5, 5.41) is 8.87. The normalized spacial score (nSPS) is 10.6. The molecular weight excluding hydrogens is 217 g/mol. The van der Waals surface area contributed by atoms with Gasteiger partial charge in [-0.25, -0.2) is 5.26 Å². The highest BCUT2D eigenvalue weighted by Gasteiger charge is 2.09. The minimum Gasteiger partial charge on any atom is -0.213 e. The third-order valence-corrected chi connectivity index (χ3v) is 3.81. The second kappa shape index (κ2) is 14.6. The van der Waals surface area contributed by atoms with Gasteiger partial charge < -0.3 is 0 Å². The van der Waals surface area contributed by atoms with Gasteiger partial charge in [0.05, 0.1) is 0 Å². The molecule has 0 saturated carbocycles. The van der Waals surface area contributed by atoms with Crippen LogP contribution in [0.25, 0.3) is 0 Å². The Balaban J connectivity index is 3.49. The highest BCUT2D eigenvalue weighted by molar-refractivity contribution is 6.46.